The summed E-state index contributed by atoms with van der Waals surface area (Å²) in [5.74, 6) is 0.108. The van der Waals surface area contributed by atoms with E-state index in [0.29, 0.717) is 0 Å². The van der Waals surface area contributed by atoms with Gasteiger partial charge in [-0.25, -0.2) is 0 Å². The first-order chi connectivity index (χ1) is 8.65. The van der Waals surface area contributed by atoms with E-state index in [-0.39, 0.29) is 18.0 Å². The van der Waals surface area contributed by atoms with Crippen LogP contribution in [0.2, 0.25) is 0 Å². The van der Waals surface area contributed by atoms with Crippen LogP contribution in [0.5, 0.6) is 0 Å². The van der Waals surface area contributed by atoms with Crippen LogP contribution in [-0.4, -0.2) is 23.0 Å². The lowest BCUT2D eigenvalue weighted by atomic mass is 10.0. The molecule has 1 saturated heterocycles. The lowest BCUT2D eigenvalue weighted by molar-refractivity contribution is 0.0435. The third-order valence-electron chi connectivity index (χ3n) is 3.63. The first-order valence-electron chi connectivity index (χ1n) is 6.42. The summed E-state index contributed by atoms with van der Waals surface area (Å²) in [6.45, 7) is 4.06. The molecule has 3 rings (SSSR count). The number of carbonyl (C=O) groups is 1. The maximum Gasteiger partial charge on any atom is 0.193 e. The Morgan fingerprint density at radius 1 is 1.39 bits per heavy atom. The molecule has 0 aliphatic carbocycles. The van der Waals surface area contributed by atoms with Gasteiger partial charge in [0.25, 0.3) is 0 Å². The van der Waals surface area contributed by atoms with E-state index in [9.17, 15) is 4.79 Å². The molecule has 1 N–H and O–H groups in total. The molecule has 0 bridgehead atoms. The molecule has 1 aromatic carbocycles. The van der Waals surface area contributed by atoms with Crippen molar-refractivity contribution < 1.29 is 9.53 Å². The summed E-state index contributed by atoms with van der Waals surface area (Å²) in [6, 6.07) is 6.11. The van der Waals surface area contributed by atoms with Gasteiger partial charge >= 0.3 is 0 Å². The number of rotatable bonds is 2. The zero-order chi connectivity index (χ0) is 12.7. The van der Waals surface area contributed by atoms with E-state index in [1.54, 1.807) is 6.20 Å². The Bertz CT molecular complexity index is 600. The smallest absolute Gasteiger partial charge is 0.193 e. The van der Waals surface area contributed by atoms with Crippen molar-refractivity contribution in [1.29, 1.82) is 0 Å². The molecular weight excluding hydrogens is 226 g/mol. The summed E-state index contributed by atoms with van der Waals surface area (Å²) in [5.41, 5.74) is 2.93. The monoisotopic (exact) mass is 243 g/mol. The van der Waals surface area contributed by atoms with E-state index < -0.39 is 0 Å². The van der Waals surface area contributed by atoms with Crippen molar-refractivity contribution in [1.82, 2.24) is 4.98 Å². The number of aromatic nitrogens is 1. The van der Waals surface area contributed by atoms with Crippen molar-refractivity contribution in [3.05, 3.63) is 35.5 Å². The van der Waals surface area contributed by atoms with Gasteiger partial charge < -0.3 is 9.72 Å². The van der Waals surface area contributed by atoms with E-state index >= 15 is 0 Å². The molecule has 1 aliphatic heterocycles. The molecule has 1 aromatic heterocycles. The van der Waals surface area contributed by atoms with E-state index in [0.717, 1.165) is 34.9 Å². The Balaban J connectivity index is 1.99. The first kappa shape index (κ1) is 11.5. The molecule has 94 valence electrons. The number of nitrogens with one attached hydrogen (secondary N) is 1. The Kier molecular flexibility index (Phi) is 2.71. The maximum atomic E-state index is 12.4. The number of aryl methyl sites for hydroxylation is 1. The summed E-state index contributed by atoms with van der Waals surface area (Å²) < 4.78 is 5.66. The largest absolute Gasteiger partial charge is 0.367 e. The number of aromatic amines is 1. The van der Waals surface area contributed by atoms with Crippen molar-refractivity contribution in [2.75, 3.05) is 0 Å². The van der Waals surface area contributed by atoms with Crippen LogP contribution >= 0.6 is 0 Å². The second-order valence-corrected chi connectivity index (χ2v) is 5.13. The number of ketones is 1. The summed E-state index contributed by atoms with van der Waals surface area (Å²) >= 11 is 0. The van der Waals surface area contributed by atoms with Crippen LogP contribution in [0.25, 0.3) is 10.9 Å². The highest BCUT2D eigenvalue weighted by Gasteiger charge is 2.30. The first-order valence-corrected chi connectivity index (χ1v) is 6.42. The van der Waals surface area contributed by atoms with E-state index in [1.807, 2.05) is 26.0 Å². The molecule has 3 nitrogen and oxygen atoms in total. The van der Waals surface area contributed by atoms with Crippen molar-refractivity contribution in [3.63, 3.8) is 0 Å². The highest BCUT2D eigenvalue weighted by atomic mass is 16.5. The van der Waals surface area contributed by atoms with Crippen LogP contribution in [-0.2, 0) is 4.74 Å². The number of carbonyl (C=O) groups excluding carboxylic acids is 1. The zero-order valence-corrected chi connectivity index (χ0v) is 10.7. The average molecular weight is 243 g/mol. The molecule has 0 spiro atoms. The van der Waals surface area contributed by atoms with Gasteiger partial charge in [-0.3, -0.25) is 4.79 Å². The number of H-pyrrole nitrogens is 1. The zero-order valence-electron chi connectivity index (χ0n) is 10.7. The normalized spacial score (nSPS) is 23.7. The SMILES string of the molecule is Cc1ccc2[nH]cc(C(=O)C3CCC(C)O3)c2c1. The van der Waals surface area contributed by atoms with E-state index in [1.165, 1.54) is 0 Å². The molecular formula is C15H17NO2. The predicted molar refractivity (Wildman–Crippen MR) is 70.9 cm³/mol. The van der Waals surface area contributed by atoms with Crippen molar-refractivity contribution >= 4 is 16.7 Å². The number of Topliss-reactive ketones (excluding diaryl/α,β-unsaturated/α-hetero) is 1. The topological polar surface area (TPSA) is 42.1 Å². The van der Waals surface area contributed by atoms with Gasteiger partial charge in [0.15, 0.2) is 5.78 Å². The number of benzene rings is 1. The third-order valence-corrected chi connectivity index (χ3v) is 3.63. The van der Waals surface area contributed by atoms with E-state index in [4.69, 9.17) is 4.74 Å². The van der Waals surface area contributed by atoms with Gasteiger partial charge in [0.05, 0.1) is 6.10 Å². The van der Waals surface area contributed by atoms with Crippen LogP contribution in [0.3, 0.4) is 0 Å². The lowest BCUT2D eigenvalue weighted by Crippen LogP contribution is -2.20. The molecule has 0 saturated carbocycles. The molecule has 2 unspecified atom stereocenters. The summed E-state index contributed by atoms with van der Waals surface area (Å²) in [7, 11) is 0. The van der Waals surface area contributed by atoms with Crippen molar-refractivity contribution in [2.24, 2.45) is 0 Å². The minimum Gasteiger partial charge on any atom is -0.367 e. The fraction of sp³-hybridized carbons (Fsp3) is 0.400. The van der Waals surface area contributed by atoms with Crippen LogP contribution in [0.1, 0.15) is 35.7 Å². The predicted octanol–water partition coefficient (Wildman–Crippen LogP) is 3.23. The summed E-state index contributed by atoms with van der Waals surface area (Å²) in [5, 5.41) is 1.00. The van der Waals surface area contributed by atoms with Crippen molar-refractivity contribution in [3.8, 4) is 0 Å². The Morgan fingerprint density at radius 2 is 2.22 bits per heavy atom. The molecule has 2 aromatic rings. The van der Waals surface area contributed by atoms with Crippen LogP contribution in [0, 0.1) is 6.92 Å². The van der Waals surface area contributed by atoms with Crippen LogP contribution < -0.4 is 0 Å². The Morgan fingerprint density at radius 3 is 2.94 bits per heavy atom. The number of fused-ring (bicyclic) bond motifs is 1. The molecule has 18 heavy (non-hydrogen) atoms. The maximum absolute atomic E-state index is 12.4. The quantitative estimate of drug-likeness (QED) is 0.823. The van der Waals surface area contributed by atoms with Gasteiger partial charge in [-0.1, -0.05) is 11.6 Å². The molecule has 3 heteroatoms. The fourth-order valence-electron chi connectivity index (χ4n) is 2.61. The van der Waals surface area contributed by atoms with E-state index in [2.05, 4.69) is 11.1 Å². The van der Waals surface area contributed by atoms with Gasteiger partial charge in [-0.15, -0.1) is 0 Å². The molecule has 2 atom stereocenters. The molecule has 0 amide bonds. The molecule has 1 fully saturated rings. The van der Waals surface area contributed by atoms with Gasteiger partial charge in [0, 0.05) is 22.7 Å². The Hall–Kier alpha value is -1.61. The van der Waals surface area contributed by atoms with Crippen LogP contribution in [0.15, 0.2) is 24.4 Å². The standard InChI is InChI=1S/C15H17NO2/c1-9-3-5-13-11(7-9)12(8-16-13)15(17)14-6-4-10(2)18-14/h3,5,7-8,10,14,16H,4,6H2,1-2H3. The van der Waals surface area contributed by atoms with Crippen molar-refractivity contribution in [2.45, 2.75) is 38.9 Å². The fourth-order valence-corrected chi connectivity index (χ4v) is 2.61. The minimum atomic E-state index is -0.264. The second kappa shape index (κ2) is 4.25. The minimum absolute atomic E-state index is 0.108. The average Bonchev–Trinajstić information content (AvgIpc) is 2.94. The molecule has 2 heterocycles. The lowest BCUT2D eigenvalue weighted by Gasteiger charge is -2.09. The summed E-state index contributed by atoms with van der Waals surface area (Å²) in [4.78, 5) is 15.6. The van der Waals surface area contributed by atoms with Gasteiger partial charge in [-0.2, -0.15) is 0 Å². The van der Waals surface area contributed by atoms with Crippen LogP contribution in [0.4, 0.5) is 0 Å². The third kappa shape index (κ3) is 1.85. The molecule has 0 radical (unpaired) electrons. The molecule has 1 aliphatic rings. The second-order valence-electron chi connectivity index (χ2n) is 5.13. The number of hydrogen-bond acceptors (Lipinski definition) is 2. The summed E-state index contributed by atoms with van der Waals surface area (Å²) in [6.07, 6.45) is 3.54. The van der Waals surface area contributed by atoms with Gasteiger partial charge in [0.1, 0.15) is 6.10 Å². The number of ether oxygens (including phenoxy) is 1. The van der Waals surface area contributed by atoms with Gasteiger partial charge in [-0.05, 0) is 38.8 Å². The number of hydrogen-bond donors (Lipinski definition) is 1. The van der Waals surface area contributed by atoms with Gasteiger partial charge in [0.2, 0.25) is 0 Å². The highest BCUT2D eigenvalue weighted by molar-refractivity contribution is 6.10. The highest BCUT2D eigenvalue weighted by Crippen LogP contribution is 2.26. The Labute approximate surface area is 106 Å².